The third-order valence-corrected chi connectivity index (χ3v) is 2.65. The van der Waals surface area contributed by atoms with Crippen LogP contribution >= 0.6 is 11.6 Å². The van der Waals surface area contributed by atoms with E-state index in [1.165, 1.54) is 18.2 Å². The van der Waals surface area contributed by atoms with Gasteiger partial charge in [-0.25, -0.2) is 0 Å². The number of non-ortho nitro benzene ring substituents is 1. The highest BCUT2D eigenvalue weighted by atomic mass is 35.5. The first-order valence-electron chi connectivity index (χ1n) is 5.44. The highest BCUT2D eigenvalue weighted by Crippen LogP contribution is 2.22. The molecule has 0 atom stereocenters. The average Bonchev–Trinajstić information content (AvgIpc) is 2.32. The number of nitro benzene ring substituents is 1. The first-order chi connectivity index (χ1) is 8.54. The SMILES string of the molecule is NCCCNC(=O)Cc1ccc([N+](=O)[O-])cc1Cl. The summed E-state index contributed by atoms with van der Waals surface area (Å²) in [7, 11) is 0. The van der Waals surface area contributed by atoms with E-state index in [0.717, 1.165) is 0 Å². The zero-order valence-electron chi connectivity index (χ0n) is 9.69. The molecule has 7 heteroatoms. The van der Waals surface area contributed by atoms with Gasteiger partial charge in [-0.2, -0.15) is 0 Å². The smallest absolute Gasteiger partial charge is 0.270 e. The van der Waals surface area contributed by atoms with Gasteiger partial charge in [-0.05, 0) is 18.5 Å². The van der Waals surface area contributed by atoms with Crippen LogP contribution in [0, 0.1) is 10.1 Å². The molecule has 0 fully saturated rings. The van der Waals surface area contributed by atoms with E-state index < -0.39 is 4.92 Å². The van der Waals surface area contributed by atoms with Gasteiger partial charge < -0.3 is 11.1 Å². The number of nitro groups is 1. The van der Waals surface area contributed by atoms with Gasteiger partial charge in [0, 0.05) is 18.7 Å². The molecule has 6 nitrogen and oxygen atoms in total. The van der Waals surface area contributed by atoms with Crippen LogP contribution in [-0.4, -0.2) is 23.9 Å². The number of nitrogens with two attached hydrogens (primary N) is 1. The molecule has 0 radical (unpaired) electrons. The zero-order valence-corrected chi connectivity index (χ0v) is 10.4. The van der Waals surface area contributed by atoms with E-state index in [9.17, 15) is 14.9 Å². The first kappa shape index (κ1) is 14.4. The topological polar surface area (TPSA) is 98.3 Å². The summed E-state index contributed by atoms with van der Waals surface area (Å²) in [5.41, 5.74) is 5.77. The second-order valence-electron chi connectivity index (χ2n) is 3.70. The van der Waals surface area contributed by atoms with Crippen molar-refractivity contribution in [2.24, 2.45) is 5.73 Å². The van der Waals surface area contributed by atoms with E-state index in [2.05, 4.69) is 5.32 Å². The zero-order chi connectivity index (χ0) is 13.5. The Morgan fingerprint density at radius 3 is 2.78 bits per heavy atom. The van der Waals surface area contributed by atoms with Crippen molar-refractivity contribution >= 4 is 23.2 Å². The fourth-order valence-corrected chi connectivity index (χ4v) is 1.60. The highest BCUT2D eigenvalue weighted by Gasteiger charge is 2.11. The van der Waals surface area contributed by atoms with Crippen LogP contribution in [0.15, 0.2) is 18.2 Å². The van der Waals surface area contributed by atoms with Crippen LogP contribution in [0.1, 0.15) is 12.0 Å². The number of hydrogen-bond acceptors (Lipinski definition) is 4. The molecular weight excluding hydrogens is 258 g/mol. The number of nitrogens with one attached hydrogen (secondary N) is 1. The van der Waals surface area contributed by atoms with Crippen molar-refractivity contribution in [2.45, 2.75) is 12.8 Å². The second-order valence-corrected chi connectivity index (χ2v) is 4.11. The summed E-state index contributed by atoms with van der Waals surface area (Å²) in [5, 5.41) is 13.4. The molecule has 0 heterocycles. The van der Waals surface area contributed by atoms with Crippen LogP contribution in [0.4, 0.5) is 5.69 Å². The summed E-state index contributed by atoms with van der Waals surface area (Å²) in [4.78, 5) is 21.5. The fourth-order valence-electron chi connectivity index (χ4n) is 1.36. The molecule has 0 unspecified atom stereocenters. The molecule has 1 aromatic carbocycles. The van der Waals surface area contributed by atoms with Crippen LogP contribution < -0.4 is 11.1 Å². The van der Waals surface area contributed by atoms with Gasteiger partial charge in [0.05, 0.1) is 16.4 Å². The molecule has 1 rings (SSSR count). The molecule has 0 bridgehead atoms. The molecule has 18 heavy (non-hydrogen) atoms. The largest absolute Gasteiger partial charge is 0.356 e. The highest BCUT2D eigenvalue weighted by molar-refractivity contribution is 6.31. The number of carbonyl (C=O) groups excluding carboxylic acids is 1. The van der Waals surface area contributed by atoms with Crippen LogP contribution in [0.5, 0.6) is 0 Å². The van der Waals surface area contributed by atoms with Crippen LogP contribution in [0.2, 0.25) is 5.02 Å². The number of carbonyl (C=O) groups is 1. The third-order valence-electron chi connectivity index (χ3n) is 2.30. The maximum Gasteiger partial charge on any atom is 0.270 e. The van der Waals surface area contributed by atoms with E-state index in [-0.39, 0.29) is 23.0 Å². The predicted octanol–water partition coefficient (Wildman–Crippen LogP) is 1.26. The quantitative estimate of drug-likeness (QED) is 0.462. The Labute approximate surface area is 109 Å². The number of amides is 1. The van der Waals surface area contributed by atoms with E-state index >= 15 is 0 Å². The van der Waals surface area contributed by atoms with Crippen molar-refractivity contribution < 1.29 is 9.72 Å². The van der Waals surface area contributed by atoms with Gasteiger partial charge in [-0.3, -0.25) is 14.9 Å². The lowest BCUT2D eigenvalue weighted by atomic mass is 10.1. The van der Waals surface area contributed by atoms with Gasteiger partial charge in [-0.15, -0.1) is 0 Å². The Morgan fingerprint density at radius 1 is 1.50 bits per heavy atom. The molecule has 0 aliphatic rings. The van der Waals surface area contributed by atoms with Gasteiger partial charge in [0.25, 0.3) is 5.69 Å². The molecule has 1 amide bonds. The number of rotatable bonds is 6. The lowest BCUT2D eigenvalue weighted by Crippen LogP contribution is -2.27. The minimum Gasteiger partial charge on any atom is -0.356 e. The van der Waals surface area contributed by atoms with E-state index in [4.69, 9.17) is 17.3 Å². The lowest BCUT2D eigenvalue weighted by Gasteiger charge is -2.05. The number of benzene rings is 1. The lowest BCUT2D eigenvalue weighted by molar-refractivity contribution is -0.384. The van der Waals surface area contributed by atoms with E-state index in [0.29, 0.717) is 25.1 Å². The van der Waals surface area contributed by atoms with Gasteiger partial charge in [-0.1, -0.05) is 17.7 Å². The minimum atomic E-state index is -0.531. The third kappa shape index (κ3) is 4.31. The number of halogens is 1. The van der Waals surface area contributed by atoms with Crippen molar-refractivity contribution in [2.75, 3.05) is 13.1 Å². The minimum absolute atomic E-state index is 0.0905. The summed E-state index contributed by atoms with van der Waals surface area (Å²) in [6.07, 6.45) is 0.807. The maximum atomic E-state index is 11.5. The molecule has 0 aromatic heterocycles. The standard InChI is InChI=1S/C11H14ClN3O3/c12-10-7-9(15(17)18)3-2-8(10)6-11(16)14-5-1-4-13/h2-3,7H,1,4-6,13H2,(H,14,16). The second kappa shape index (κ2) is 6.93. The number of hydrogen-bond donors (Lipinski definition) is 2. The summed E-state index contributed by atoms with van der Waals surface area (Å²) in [5.74, 6) is -0.181. The Kier molecular flexibility index (Phi) is 5.54. The molecule has 98 valence electrons. The monoisotopic (exact) mass is 271 g/mol. The summed E-state index contributed by atoms with van der Waals surface area (Å²) in [6, 6.07) is 4.06. The Balaban J connectivity index is 2.62. The predicted molar refractivity (Wildman–Crippen MR) is 68.5 cm³/mol. The van der Waals surface area contributed by atoms with Crippen LogP contribution in [-0.2, 0) is 11.2 Å². The summed E-state index contributed by atoms with van der Waals surface area (Å²) in [6.45, 7) is 1.03. The van der Waals surface area contributed by atoms with E-state index in [1.54, 1.807) is 0 Å². The van der Waals surface area contributed by atoms with Gasteiger partial charge in [0.2, 0.25) is 5.91 Å². The van der Waals surface area contributed by atoms with Crippen molar-refractivity contribution in [3.63, 3.8) is 0 Å². The van der Waals surface area contributed by atoms with Gasteiger partial charge in [0.15, 0.2) is 0 Å². The van der Waals surface area contributed by atoms with E-state index in [1.807, 2.05) is 0 Å². The Bertz CT molecular complexity index is 451. The fraction of sp³-hybridized carbons (Fsp3) is 0.364. The van der Waals surface area contributed by atoms with Crippen molar-refractivity contribution in [1.29, 1.82) is 0 Å². The molecule has 0 aliphatic carbocycles. The molecule has 0 saturated carbocycles. The molecule has 0 saturated heterocycles. The van der Waals surface area contributed by atoms with Crippen LogP contribution in [0.3, 0.4) is 0 Å². The number of nitrogens with zero attached hydrogens (tertiary/aromatic N) is 1. The van der Waals surface area contributed by atoms with Crippen LogP contribution in [0.25, 0.3) is 0 Å². The molecule has 3 N–H and O–H groups in total. The molecule has 0 spiro atoms. The molecule has 1 aromatic rings. The normalized spacial score (nSPS) is 10.1. The van der Waals surface area contributed by atoms with Crippen molar-refractivity contribution in [1.82, 2.24) is 5.32 Å². The summed E-state index contributed by atoms with van der Waals surface area (Å²) < 4.78 is 0. The van der Waals surface area contributed by atoms with Crippen molar-refractivity contribution in [3.8, 4) is 0 Å². The Morgan fingerprint density at radius 2 is 2.22 bits per heavy atom. The van der Waals surface area contributed by atoms with Gasteiger partial charge >= 0.3 is 0 Å². The summed E-state index contributed by atoms with van der Waals surface area (Å²) >= 11 is 5.87. The van der Waals surface area contributed by atoms with Crippen molar-refractivity contribution in [3.05, 3.63) is 38.9 Å². The first-order valence-corrected chi connectivity index (χ1v) is 5.82. The molecule has 0 aliphatic heterocycles. The molecular formula is C11H14ClN3O3. The van der Waals surface area contributed by atoms with Gasteiger partial charge in [0.1, 0.15) is 0 Å². The average molecular weight is 272 g/mol. The Hall–Kier alpha value is -1.66. The maximum absolute atomic E-state index is 11.5.